The van der Waals surface area contributed by atoms with Crippen LogP contribution >= 0.6 is 0 Å². The molecular formula is C16H26N3O3S+. The Kier molecular flexibility index (Phi) is 5.78. The van der Waals surface area contributed by atoms with Crippen molar-refractivity contribution in [2.45, 2.75) is 31.7 Å². The molecule has 1 saturated heterocycles. The van der Waals surface area contributed by atoms with E-state index in [1.165, 1.54) is 4.31 Å². The molecule has 23 heavy (non-hydrogen) atoms. The van der Waals surface area contributed by atoms with E-state index < -0.39 is 10.0 Å². The van der Waals surface area contributed by atoms with E-state index in [4.69, 9.17) is 0 Å². The standard InChI is InChI=1S/C16H25N3O3S/c1-4-17-16(20)14(3)18-9-11-19(12-10-18)23(21,22)15-7-5-13(2)6-8-15/h5-8,14H,4,9-12H2,1-3H3,(H,17,20)/p+1/t14-/m0/s1. The number of benzene rings is 1. The minimum atomic E-state index is -3.44. The number of hydrogen-bond acceptors (Lipinski definition) is 3. The van der Waals surface area contributed by atoms with Crippen molar-refractivity contribution in [2.75, 3.05) is 32.7 Å². The molecule has 128 valence electrons. The first kappa shape index (κ1) is 17.9. The summed E-state index contributed by atoms with van der Waals surface area (Å²) in [6.45, 7) is 8.50. The number of carbonyl (C=O) groups excluding carboxylic acids is 1. The summed E-state index contributed by atoms with van der Waals surface area (Å²) in [5, 5.41) is 2.82. The normalized spacial score (nSPS) is 18.6. The molecule has 1 aliphatic rings. The first-order chi connectivity index (χ1) is 10.9. The number of amides is 1. The van der Waals surface area contributed by atoms with E-state index in [0.717, 1.165) is 10.5 Å². The fourth-order valence-electron chi connectivity index (χ4n) is 2.82. The van der Waals surface area contributed by atoms with Crippen LogP contribution < -0.4 is 10.2 Å². The van der Waals surface area contributed by atoms with Crippen LogP contribution in [0.1, 0.15) is 19.4 Å². The van der Waals surface area contributed by atoms with Crippen molar-refractivity contribution in [1.29, 1.82) is 0 Å². The van der Waals surface area contributed by atoms with Crippen LogP contribution in [0.15, 0.2) is 29.2 Å². The summed E-state index contributed by atoms with van der Waals surface area (Å²) in [5.41, 5.74) is 1.04. The number of rotatable bonds is 5. The van der Waals surface area contributed by atoms with Gasteiger partial charge in [-0.3, -0.25) is 4.79 Å². The van der Waals surface area contributed by atoms with E-state index >= 15 is 0 Å². The van der Waals surface area contributed by atoms with Crippen LogP contribution in [0, 0.1) is 6.92 Å². The van der Waals surface area contributed by atoms with Crippen LogP contribution in [0.5, 0.6) is 0 Å². The van der Waals surface area contributed by atoms with E-state index in [1.54, 1.807) is 12.1 Å². The van der Waals surface area contributed by atoms with Crippen molar-refractivity contribution in [1.82, 2.24) is 9.62 Å². The number of likely N-dealkylation sites (N-methyl/N-ethyl adjacent to an activating group) is 1. The lowest BCUT2D eigenvalue weighted by Crippen LogP contribution is -3.19. The summed E-state index contributed by atoms with van der Waals surface area (Å²) >= 11 is 0. The fourth-order valence-corrected chi connectivity index (χ4v) is 4.26. The lowest BCUT2D eigenvalue weighted by atomic mass is 10.2. The summed E-state index contributed by atoms with van der Waals surface area (Å²) in [5.74, 6) is 0.0253. The van der Waals surface area contributed by atoms with Crippen LogP contribution in [-0.2, 0) is 14.8 Å². The number of quaternary nitrogens is 1. The Balaban J connectivity index is 2.01. The summed E-state index contributed by atoms with van der Waals surface area (Å²) in [7, 11) is -3.44. The maximum absolute atomic E-state index is 12.6. The van der Waals surface area contributed by atoms with Crippen molar-refractivity contribution < 1.29 is 18.1 Å². The van der Waals surface area contributed by atoms with Gasteiger partial charge < -0.3 is 10.2 Å². The Labute approximate surface area is 138 Å². The van der Waals surface area contributed by atoms with Crippen LogP contribution in [0.3, 0.4) is 0 Å². The second-order valence-corrected chi connectivity index (χ2v) is 7.93. The number of carbonyl (C=O) groups is 1. The smallest absolute Gasteiger partial charge is 0.278 e. The van der Waals surface area contributed by atoms with E-state index in [2.05, 4.69) is 5.32 Å². The molecule has 0 aromatic heterocycles. The number of piperazine rings is 1. The summed E-state index contributed by atoms with van der Waals surface area (Å²) < 4.78 is 26.8. The van der Waals surface area contributed by atoms with Gasteiger partial charge in [-0.2, -0.15) is 4.31 Å². The van der Waals surface area contributed by atoms with Crippen molar-refractivity contribution in [3.05, 3.63) is 29.8 Å². The average Bonchev–Trinajstić information content (AvgIpc) is 2.55. The summed E-state index contributed by atoms with van der Waals surface area (Å²) in [6.07, 6.45) is 0. The van der Waals surface area contributed by atoms with Gasteiger partial charge in [-0.15, -0.1) is 0 Å². The molecule has 2 rings (SSSR count). The maximum atomic E-state index is 12.6. The lowest BCUT2D eigenvalue weighted by molar-refractivity contribution is -0.917. The van der Waals surface area contributed by atoms with Gasteiger partial charge in [-0.25, -0.2) is 8.42 Å². The molecular weight excluding hydrogens is 314 g/mol. The van der Waals surface area contributed by atoms with Gasteiger partial charge in [0.25, 0.3) is 5.91 Å². The first-order valence-corrected chi connectivity index (χ1v) is 9.49. The van der Waals surface area contributed by atoms with Gasteiger partial charge in [0, 0.05) is 6.54 Å². The topological polar surface area (TPSA) is 70.9 Å². The van der Waals surface area contributed by atoms with Crippen LogP contribution in [0.4, 0.5) is 0 Å². The maximum Gasteiger partial charge on any atom is 0.278 e. The molecule has 1 aromatic rings. The minimum absolute atomic E-state index is 0.0253. The molecule has 0 radical (unpaired) electrons. The van der Waals surface area contributed by atoms with Gasteiger partial charge in [-0.05, 0) is 32.9 Å². The van der Waals surface area contributed by atoms with Gasteiger partial charge in [0.05, 0.1) is 31.1 Å². The predicted octanol–water partition coefficient (Wildman–Crippen LogP) is -0.591. The molecule has 0 spiro atoms. The minimum Gasteiger partial charge on any atom is -0.351 e. The summed E-state index contributed by atoms with van der Waals surface area (Å²) in [4.78, 5) is 13.4. The zero-order valence-electron chi connectivity index (χ0n) is 14.0. The van der Waals surface area contributed by atoms with E-state index in [0.29, 0.717) is 37.6 Å². The highest BCUT2D eigenvalue weighted by atomic mass is 32.2. The van der Waals surface area contributed by atoms with Gasteiger partial charge in [0.15, 0.2) is 6.04 Å². The lowest BCUT2D eigenvalue weighted by Gasteiger charge is -2.34. The number of aryl methyl sites for hydroxylation is 1. The van der Waals surface area contributed by atoms with Gasteiger partial charge >= 0.3 is 0 Å². The zero-order chi connectivity index (χ0) is 17.0. The van der Waals surface area contributed by atoms with E-state index in [9.17, 15) is 13.2 Å². The van der Waals surface area contributed by atoms with Crippen molar-refractivity contribution in [2.24, 2.45) is 0 Å². The first-order valence-electron chi connectivity index (χ1n) is 8.05. The molecule has 0 unspecified atom stereocenters. The molecule has 1 fully saturated rings. The van der Waals surface area contributed by atoms with Gasteiger partial charge in [0.2, 0.25) is 10.0 Å². The third-order valence-electron chi connectivity index (χ3n) is 4.38. The monoisotopic (exact) mass is 340 g/mol. The van der Waals surface area contributed by atoms with Crippen molar-refractivity contribution in [3.63, 3.8) is 0 Å². The van der Waals surface area contributed by atoms with Crippen molar-refractivity contribution >= 4 is 15.9 Å². The SMILES string of the molecule is CCNC(=O)[C@H](C)[NH+]1CCN(S(=O)(=O)c2ccc(C)cc2)CC1. The van der Waals surface area contributed by atoms with Crippen LogP contribution in [0.25, 0.3) is 0 Å². The number of nitrogens with zero attached hydrogens (tertiary/aromatic N) is 1. The molecule has 0 saturated carbocycles. The van der Waals surface area contributed by atoms with Gasteiger partial charge in [0.1, 0.15) is 0 Å². The Morgan fingerprint density at radius 3 is 2.35 bits per heavy atom. The van der Waals surface area contributed by atoms with Crippen LogP contribution in [0.2, 0.25) is 0 Å². The molecule has 1 aromatic carbocycles. The van der Waals surface area contributed by atoms with E-state index in [1.807, 2.05) is 32.9 Å². The van der Waals surface area contributed by atoms with Crippen LogP contribution in [-0.4, -0.2) is 57.4 Å². The third-order valence-corrected chi connectivity index (χ3v) is 6.29. The molecule has 0 aliphatic carbocycles. The predicted molar refractivity (Wildman–Crippen MR) is 88.8 cm³/mol. The zero-order valence-corrected chi connectivity index (χ0v) is 14.8. The molecule has 1 atom stereocenters. The highest BCUT2D eigenvalue weighted by Gasteiger charge is 2.34. The molecule has 7 heteroatoms. The average molecular weight is 340 g/mol. The highest BCUT2D eigenvalue weighted by Crippen LogP contribution is 2.16. The quantitative estimate of drug-likeness (QED) is 0.753. The van der Waals surface area contributed by atoms with Crippen molar-refractivity contribution in [3.8, 4) is 0 Å². The number of nitrogens with one attached hydrogen (secondary N) is 2. The second kappa shape index (κ2) is 7.42. The Hall–Kier alpha value is -1.44. The highest BCUT2D eigenvalue weighted by molar-refractivity contribution is 7.89. The number of sulfonamides is 1. The van der Waals surface area contributed by atoms with Gasteiger partial charge in [-0.1, -0.05) is 17.7 Å². The molecule has 2 N–H and O–H groups in total. The third kappa shape index (κ3) is 4.10. The second-order valence-electron chi connectivity index (χ2n) is 5.99. The fraction of sp³-hybridized carbons (Fsp3) is 0.562. The Bertz CT molecular complexity index is 635. The largest absolute Gasteiger partial charge is 0.351 e. The Morgan fingerprint density at radius 2 is 1.83 bits per heavy atom. The summed E-state index contributed by atoms with van der Waals surface area (Å²) in [6, 6.07) is 6.78. The molecule has 6 nitrogen and oxygen atoms in total. The molecule has 1 aliphatic heterocycles. The molecule has 1 amide bonds. The molecule has 0 bridgehead atoms. The Morgan fingerprint density at radius 1 is 1.26 bits per heavy atom. The number of hydrogen-bond donors (Lipinski definition) is 2. The molecule has 1 heterocycles. The van der Waals surface area contributed by atoms with E-state index in [-0.39, 0.29) is 11.9 Å².